The highest BCUT2D eigenvalue weighted by atomic mass is 32.1. The monoisotopic (exact) mass is 304 g/mol. The smallest absolute Gasteiger partial charge is 0.347 e. The molecule has 3 rings (SSSR count). The van der Waals surface area contributed by atoms with Crippen LogP contribution >= 0.6 is 11.3 Å². The molecule has 1 aromatic carbocycles. The Morgan fingerprint density at radius 1 is 1.29 bits per heavy atom. The standard InChI is InChI=1S/C14H12N2O4S/c1-19-8-3-4-9(11(5-8)20-2)10-6-16-7-12(13(17)18)21-14(16)15-10/h3-7H,1-2H3,(H,17,18). The number of methoxy groups -OCH3 is 2. The third kappa shape index (κ3) is 2.31. The molecule has 7 heteroatoms. The number of ether oxygens (including phenoxy) is 2. The summed E-state index contributed by atoms with van der Waals surface area (Å²) in [4.78, 5) is 16.3. The van der Waals surface area contributed by atoms with E-state index in [1.165, 1.54) is 0 Å². The van der Waals surface area contributed by atoms with E-state index in [0.717, 1.165) is 22.6 Å². The largest absolute Gasteiger partial charge is 0.497 e. The van der Waals surface area contributed by atoms with E-state index in [-0.39, 0.29) is 4.88 Å². The minimum absolute atomic E-state index is 0.255. The highest BCUT2D eigenvalue weighted by Gasteiger charge is 2.15. The second-order valence-corrected chi connectivity index (χ2v) is 5.29. The summed E-state index contributed by atoms with van der Waals surface area (Å²) in [5.74, 6) is 0.400. The number of carboxylic acid groups (broad SMARTS) is 1. The molecule has 0 saturated carbocycles. The summed E-state index contributed by atoms with van der Waals surface area (Å²) >= 11 is 1.13. The maximum absolute atomic E-state index is 10.9. The molecule has 21 heavy (non-hydrogen) atoms. The predicted octanol–water partition coefficient (Wildman–Crippen LogP) is 2.78. The van der Waals surface area contributed by atoms with E-state index in [2.05, 4.69) is 4.98 Å². The third-order valence-electron chi connectivity index (χ3n) is 3.05. The van der Waals surface area contributed by atoms with Crippen molar-refractivity contribution in [1.82, 2.24) is 9.38 Å². The Morgan fingerprint density at radius 3 is 2.71 bits per heavy atom. The van der Waals surface area contributed by atoms with E-state index in [4.69, 9.17) is 14.6 Å². The van der Waals surface area contributed by atoms with Gasteiger partial charge in [-0.15, -0.1) is 0 Å². The summed E-state index contributed by atoms with van der Waals surface area (Å²) in [5.41, 5.74) is 1.55. The number of carboxylic acids is 1. The molecule has 0 radical (unpaired) electrons. The first-order chi connectivity index (χ1) is 10.1. The fourth-order valence-corrected chi connectivity index (χ4v) is 2.84. The van der Waals surface area contributed by atoms with Crippen LogP contribution < -0.4 is 9.47 Å². The molecule has 0 aliphatic heterocycles. The van der Waals surface area contributed by atoms with Gasteiger partial charge in [-0.05, 0) is 12.1 Å². The molecule has 0 aliphatic rings. The summed E-state index contributed by atoms with van der Waals surface area (Å²) in [6, 6.07) is 5.47. The van der Waals surface area contributed by atoms with Crippen LogP contribution in [0.5, 0.6) is 11.5 Å². The second-order valence-electron chi connectivity index (χ2n) is 4.28. The summed E-state index contributed by atoms with van der Waals surface area (Å²) in [6.45, 7) is 0. The van der Waals surface area contributed by atoms with Crippen LogP contribution in [0, 0.1) is 0 Å². The molecule has 2 heterocycles. The number of benzene rings is 1. The normalized spacial score (nSPS) is 10.8. The lowest BCUT2D eigenvalue weighted by Crippen LogP contribution is -1.91. The zero-order valence-corrected chi connectivity index (χ0v) is 12.2. The van der Waals surface area contributed by atoms with E-state index >= 15 is 0 Å². The number of carbonyl (C=O) groups is 1. The van der Waals surface area contributed by atoms with Crippen molar-refractivity contribution in [3.8, 4) is 22.8 Å². The van der Waals surface area contributed by atoms with E-state index in [1.807, 2.05) is 12.1 Å². The van der Waals surface area contributed by atoms with Gasteiger partial charge in [0.1, 0.15) is 16.4 Å². The minimum Gasteiger partial charge on any atom is -0.497 e. The fraction of sp³-hybridized carbons (Fsp3) is 0.143. The van der Waals surface area contributed by atoms with Gasteiger partial charge in [0.2, 0.25) is 0 Å². The topological polar surface area (TPSA) is 73.1 Å². The molecular weight excluding hydrogens is 292 g/mol. The van der Waals surface area contributed by atoms with Gasteiger partial charge in [0, 0.05) is 24.0 Å². The Balaban J connectivity index is 2.07. The van der Waals surface area contributed by atoms with Crippen molar-refractivity contribution < 1.29 is 19.4 Å². The number of nitrogens with zero attached hydrogens (tertiary/aromatic N) is 2. The average Bonchev–Trinajstić information content (AvgIpc) is 3.04. The number of imidazole rings is 1. The van der Waals surface area contributed by atoms with Crippen molar-refractivity contribution in [3.05, 3.63) is 35.5 Å². The number of rotatable bonds is 4. The van der Waals surface area contributed by atoms with Crippen LogP contribution in [0.2, 0.25) is 0 Å². The first-order valence-electron chi connectivity index (χ1n) is 6.06. The number of hydrogen-bond donors (Lipinski definition) is 1. The number of fused-ring (bicyclic) bond motifs is 1. The van der Waals surface area contributed by atoms with E-state index in [0.29, 0.717) is 16.5 Å². The molecule has 6 nitrogen and oxygen atoms in total. The minimum atomic E-state index is -0.950. The van der Waals surface area contributed by atoms with Crippen LogP contribution in [-0.2, 0) is 0 Å². The van der Waals surface area contributed by atoms with Crippen molar-refractivity contribution in [2.24, 2.45) is 0 Å². The number of aromatic carboxylic acids is 1. The Hall–Kier alpha value is -2.54. The van der Waals surface area contributed by atoms with Gasteiger partial charge >= 0.3 is 5.97 Å². The molecule has 0 saturated heterocycles. The van der Waals surface area contributed by atoms with Crippen LogP contribution in [0.4, 0.5) is 0 Å². The molecule has 2 aromatic heterocycles. The zero-order valence-electron chi connectivity index (χ0n) is 11.4. The molecule has 0 bridgehead atoms. The highest BCUT2D eigenvalue weighted by molar-refractivity contribution is 7.18. The first kappa shape index (κ1) is 13.4. The zero-order chi connectivity index (χ0) is 15.0. The van der Waals surface area contributed by atoms with Gasteiger partial charge in [-0.25, -0.2) is 9.78 Å². The molecule has 1 N–H and O–H groups in total. The first-order valence-corrected chi connectivity index (χ1v) is 6.88. The van der Waals surface area contributed by atoms with E-state index in [1.54, 1.807) is 37.1 Å². The summed E-state index contributed by atoms with van der Waals surface area (Å²) in [7, 11) is 3.17. The van der Waals surface area contributed by atoms with E-state index < -0.39 is 5.97 Å². The van der Waals surface area contributed by atoms with Crippen molar-refractivity contribution in [2.45, 2.75) is 0 Å². The Morgan fingerprint density at radius 2 is 2.10 bits per heavy atom. The van der Waals surface area contributed by atoms with Crippen LogP contribution in [0.15, 0.2) is 30.6 Å². The summed E-state index contributed by atoms with van der Waals surface area (Å²) in [5, 5.41) is 8.97. The van der Waals surface area contributed by atoms with Gasteiger partial charge in [0.15, 0.2) is 4.96 Å². The van der Waals surface area contributed by atoms with Gasteiger partial charge in [0.05, 0.1) is 19.9 Å². The number of hydrogen-bond acceptors (Lipinski definition) is 5. The lowest BCUT2D eigenvalue weighted by molar-refractivity contribution is 0.0702. The molecule has 0 spiro atoms. The third-order valence-corrected chi connectivity index (χ3v) is 4.04. The van der Waals surface area contributed by atoms with Gasteiger partial charge < -0.3 is 14.6 Å². The average molecular weight is 304 g/mol. The maximum atomic E-state index is 10.9. The SMILES string of the molecule is COc1ccc(-c2cn3cc(C(=O)O)sc3n2)c(OC)c1. The summed E-state index contributed by atoms with van der Waals surface area (Å²) in [6.07, 6.45) is 3.33. The molecular formula is C14H12N2O4S. The van der Waals surface area contributed by atoms with Crippen LogP contribution in [-0.4, -0.2) is 34.7 Å². The highest BCUT2D eigenvalue weighted by Crippen LogP contribution is 2.33. The Bertz CT molecular complexity index is 790. The van der Waals surface area contributed by atoms with Crippen LogP contribution in [0.3, 0.4) is 0 Å². The van der Waals surface area contributed by atoms with Gasteiger partial charge in [-0.3, -0.25) is 4.40 Å². The number of thiazole rings is 1. The Kier molecular flexibility index (Phi) is 3.26. The quantitative estimate of drug-likeness (QED) is 0.802. The van der Waals surface area contributed by atoms with Crippen molar-refractivity contribution in [3.63, 3.8) is 0 Å². The predicted molar refractivity (Wildman–Crippen MR) is 78.6 cm³/mol. The molecule has 0 atom stereocenters. The maximum Gasteiger partial charge on any atom is 0.347 e. The second kappa shape index (κ2) is 5.10. The molecule has 108 valence electrons. The summed E-state index contributed by atoms with van der Waals surface area (Å²) < 4.78 is 12.2. The van der Waals surface area contributed by atoms with E-state index in [9.17, 15) is 4.79 Å². The lowest BCUT2D eigenvalue weighted by atomic mass is 10.1. The Labute approximate surface area is 124 Å². The van der Waals surface area contributed by atoms with Gasteiger partial charge in [-0.1, -0.05) is 11.3 Å². The lowest BCUT2D eigenvalue weighted by Gasteiger charge is -2.08. The van der Waals surface area contributed by atoms with Crippen LogP contribution in [0.1, 0.15) is 9.67 Å². The van der Waals surface area contributed by atoms with Crippen molar-refractivity contribution in [1.29, 1.82) is 0 Å². The molecule has 3 aromatic rings. The van der Waals surface area contributed by atoms with Gasteiger partial charge in [-0.2, -0.15) is 0 Å². The van der Waals surface area contributed by atoms with Crippen LogP contribution in [0.25, 0.3) is 16.2 Å². The number of aromatic nitrogens is 2. The van der Waals surface area contributed by atoms with Gasteiger partial charge in [0.25, 0.3) is 0 Å². The molecule has 0 unspecified atom stereocenters. The molecule has 0 aliphatic carbocycles. The van der Waals surface area contributed by atoms with Crippen molar-refractivity contribution in [2.75, 3.05) is 14.2 Å². The molecule has 0 amide bonds. The molecule has 0 fully saturated rings. The van der Waals surface area contributed by atoms with Crippen molar-refractivity contribution >= 4 is 22.3 Å². The fourth-order valence-electron chi connectivity index (χ4n) is 2.03.